The second kappa shape index (κ2) is 12.2. The Labute approximate surface area is 163 Å². The fourth-order valence-electron chi connectivity index (χ4n) is 2.21. The average molecular weight is 449 g/mol. The lowest BCUT2D eigenvalue weighted by Gasteiger charge is -2.18. The molecule has 0 saturated carbocycles. The Balaban J connectivity index is 0.00000529. The van der Waals surface area contributed by atoms with Gasteiger partial charge in [0.2, 0.25) is 0 Å². The van der Waals surface area contributed by atoms with Gasteiger partial charge < -0.3 is 20.5 Å². The molecule has 138 valence electrons. The molecule has 5 nitrogen and oxygen atoms in total. The van der Waals surface area contributed by atoms with Gasteiger partial charge in [0, 0.05) is 12.6 Å². The van der Waals surface area contributed by atoms with Crippen LogP contribution in [-0.2, 0) is 6.54 Å². The van der Waals surface area contributed by atoms with Gasteiger partial charge in [0.15, 0.2) is 17.5 Å². The van der Waals surface area contributed by atoms with Crippen molar-refractivity contribution in [3.05, 3.63) is 23.8 Å². The number of phenolic OH excluding ortho intramolecular Hbond substituents is 1. The molecule has 0 heterocycles. The molecule has 1 aromatic rings. The van der Waals surface area contributed by atoms with E-state index in [1.165, 1.54) is 6.42 Å². The highest BCUT2D eigenvalue weighted by molar-refractivity contribution is 14.0. The molecule has 1 rings (SSSR count). The number of hydrogen-bond acceptors (Lipinski definition) is 3. The number of rotatable bonds is 8. The molecule has 0 aliphatic carbocycles. The van der Waals surface area contributed by atoms with Crippen molar-refractivity contribution in [3.8, 4) is 11.5 Å². The first kappa shape index (κ1) is 22.8. The van der Waals surface area contributed by atoms with Crippen LogP contribution in [0.3, 0.4) is 0 Å². The van der Waals surface area contributed by atoms with Crippen LogP contribution in [-0.4, -0.2) is 30.8 Å². The fourth-order valence-corrected chi connectivity index (χ4v) is 2.21. The number of ether oxygens (including phenoxy) is 1. The summed E-state index contributed by atoms with van der Waals surface area (Å²) in [6, 6.07) is 5.73. The fraction of sp³-hybridized carbons (Fsp3) is 0.611. The van der Waals surface area contributed by atoms with E-state index in [2.05, 4.69) is 43.3 Å². The Kier molecular flexibility index (Phi) is 11.6. The maximum atomic E-state index is 9.82. The van der Waals surface area contributed by atoms with E-state index < -0.39 is 0 Å². The second-order valence-electron chi connectivity index (χ2n) is 6.22. The number of nitrogens with zero attached hydrogens (tertiary/aromatic N) is 1. The molecule has 0 aliphatic heterocycles. The molecule has 0 spiro atoms. The highest BCUT2D eigenvalue weighted by Gasteiger charge is 2.07. The van der Waals surface area contributed by atoms with Gasteiger partial charge in [0.05, 0.1) is 13.7 Å². The van der Waals surface area contributed by atoms with Crippen molar-refractivity contribution in [3.63, 3.8) is 0 Å². The molecule has 1 atom stereocenters. The highest BCUT2D eigenvalue weighted by atomic mass is 127. The number of guanidine groups is 1. The Hall–Kier alpha value is -1.18. The van der Waals surface area contributed by atoms with Crippen LogP contribution < -0.4 is 15.4 Å². The van der Waals surface area contributed by atoms with Gasteiger partial charge >= 0.3 is 0 Å². The third kappa shape index (κ3) is 8.61. The summed E-state index contributed by atoms with van der Waals surface area (Å²) in [4.78, 5) is 4.59. The van der Waals surface area contributed by atoms with Gasteiger partial charge in [-0.1, -0.05) is 19.9 Å². The van der Waals surface area contributed by atoms with Gasteiger partial charge in [-0.05, 0) is 50.3 Å². The zero-order valence-corrected chi connectivity index (χ0v) is 17.8. The smallest absolute Gasteiger partial charge is 0.191 e. The van der Waals surface area contributed by atoms with Crippen LogP contribution in [0.2, 0.25) is 0 Å². The molecule has 0 amide bonds. The number of benzene rings is 1. The topological polar surface area (TPSA) is 65.9 Å². The van der Waals surface area contributed by atoms with E-state index in [0.29, 0.717) is 24.3 Å². The van der Waals surface area contributed by atoms with Gasteiger partial charge in [-0.15, -0.1) is 24.0 Å². The highest BCUT2D eigenvalue weighted by Crippen LogP contribution is 2.26. The molecule has 0 aromatic heterocycles. The molecule has 1 unspecified atom stereocenters. The van der Waals surface area contributed by atoms with E-state index >= 15 is 0 Å². The van der Waals surface area contributed by atoms with E-state index in [1.807, 2.05) is 6.07 Å². The quantitative estimate of drug-likeness (QED) is 0.320. The predicted molar refractivity (Wildman–Crippen MR) is 112 cm³/mol. The lowest BCUT2D eigenvalue weighted by atomic mass is 10.0. The lowest BCUT2D eigenvalue weighted by Crippen LogP contribution is -2.42. The molecule has 3 N–H and O–H groups in total. The normalized spacial score (nSPS) is 12.5. The Morgan fingerprint density at radius 3 is 2.50 bits per heavy atom. The molecule has 0 radical (unpaired) electrons. The molecule has 24 heavy (non-hydrogen) atoms. The standard InChI is InChI=1S/C18H31N3O2.HI/c1-6-19-18(21-14(4)8-7-13(2)3)20-12-15-9-10-17(23-5)16(22)11-15;/h9-11,13-14,22H,6-8,12H2,1-5H3,(H2,19,20,21);1H. The zero-order chi connectivity index (χ0) is 17.2. The number of hydrogen-bond donors (Lipinski definition) is 3. The van der Waals surface area contributed by atoms with Crippen molar-refractivity contribution in [2.24, 2.45) is 10.9 Å². The number of halogens is 1. The summed E-state index contributed by atoms with van der Waals surface area (Å²) < 4.78 is 5.05. The SMILES string of the molecule is CCNC(=NCc1ccc(OC)c(O)c1)NC(C)CCC(C)C.I. The third-order valence-corrected chi connectivity index (χ3v) is 3.57. The summed E-state index contributed by atoms with van der Waals surface area (Å²) >= 11 is 0. The molecule has 0 bridgehead atoms. The minimum absolute atomic E-state index is 0. The molecular weight excluding hydrogens is 417 g/mol. The maximum absolute atomic E-state index is 9.82. The van der Waals surface area contributed by atoms with Gasteiger partial charge in [0.1, 0.15) is 0 Å². The summed E-state index contributed by atoms with van der Waals surface area (Å²) in [6.07, 6.45) is 2.31. The number of nitrogens with one attached hydrogen (secondary N) is 2. The van der Waals surface area contributed by atoms with Gasteiger partial charge in [-0.2, -0.15) is 0 Å². The van der Waals surface area contributed by atoms with Crippen LogP contribution in [0.25, 0.3) is 0 Å². The second-order valence-corrected chi connectivity index (χ2v) is 6.22. The minimum atomic E-state index is 0. The van der Waals surface area contributed by atoms with Crippen molar-refractivity contribution >= 4 is 29.9 Å². The largest absolute Gasteiger partial charge is 0.504 e. The summed E-state index contributed by atoms with van der Waals surface area (Å²) in [7, 11) is 1.54. The average Bonchev–Trinajstić information content (AvgIpc) is 2.51. The van der Waals surface area contributed by atoms with Crippen molar-refractivity contribution in [2.75, 3.05) is 13.7 Å². The van der Waals surface area contributed by atoms with Crippen molar-refractivity contribution in [2.45, 2.75) is 53.1 Å². The summed E-state index contributed by atoms with van der Waals surface area (Å²) in [5, 5.41) is 16.5. The lowest BCUT2D eigenvalue weighted by molar-refractivity contribution is 0.373. The van der Waals surface area contributed by atoms with Crippen LogP contribution in [0.1, 0.15) is 46.1 Å². The van der Waals surface area contributed by atoms with Crippen molar-refractivity contribution < 1.29 is 9.84 Å². The van der Waals surface area contributed by atoms with Crippen LogP contribution in [0.4, 0.5) is 0 Å². The Morgan fingerprint density at radius 1 is 1.25 bits per heavy atom. The minimum Gasteiger partial charge on any atom is -0.504 e. The molecule has 0 fully saturated rings. The first-order chi connectivity index (χ1) is 11.0. The third-order valence-electron chi connectivity index (χ3n) is 3.57. The number of phenols is 1. The van der Waals surface area contributed by atoms with Crippen molar-refractivity contribution in [1.82, 2.24) is 10.6 Å². The molecule has 1 aromatic carbocycles. The van der Waals surface area contributed by atoms with E-state index in [9.17, 15) is 5.11 Å². The number of aromatic hydroxyl groups is 1. The Morgan fingerprint density at radius 2 is 1.96 bits per heavy atom. The first-order valence-electron chi connectivity index (χ1n) is 8.37. The number of methoxy groups -OCH3 is 1. The van der Waals surface area contributed by atoms with E-state index in [4.69, 9.17) is 4.74 Å². The Bertz CT molecular complexity index is 507. The van der Waals surface area contributed by atoms with Crippen LogP contribution in [0, 0.1) is 5.92 Å². The maximum Gasteiger partial charge on any atom is 0.191 e. The van der Waals surface area contributed by atoms with Gasteiger partial charge in [-0.25, -0.2) is 4.99 Å². The van der Waals surface area contributed by atoms with E-state index in [-0.39, 0.29) is 29.7 Å². The van der Waals surface area contributed by atoms with Crippen LogP contribution >= 0.6 is 24.0 Å². The van der Waals surface area contributed by atoms with E-state index in [1.54, 1.807) is 19.2 Å². The molecular formula is C18H32IN3O2. The van der Waals surface area contributed by atoms with Gasteiger partial charge in [-0.3, -0.25) is 0 Å². The zero-order valence-electron chi connectivity index (χ0n) is 15.4. The monoisotopic (exact) mass is 449 g/mol. The predicted octanol–water partition coefficient (Wildman–Crippen LogP) is 3.90. The van der Waals surface area contributed by atoms with Gasteiger partial charge in [0.25, 0.3) is 0 Å². The van der Waals surface area contributed by atoms with Crippen LogP contribution in [0.15, 0.2) is 23.2 Å². The summed E-state index contributed by atoms with van der Waals surface area (Å²) in [5.74, 6) is 2.13. The first-order valence-corrected chi connectivity index (χ1v) is 8.37. The molecule has 0 saturated heterocycles. The molecule has 0 aliphatic rings. The summed E-state index contributed by atoms with van der Waals surface area (Å²) in [5.41, 5.74) is 0.940. The van der Waals surface area contributed by atoms with Crippen molar-refractivity contribution in [1.29, 1.82) is 0 Å². The van der Waals surface area contributed by atoms with E-state index in [0.717, 1.165) is 24.5 Å². The summed E-state index contributed by atoms with van der Waals surface area (Å²) in [6.45, 7) is 10.0. The van der Waals surface area contributed by atoms with Crippen LogP contribution in [0.5, 0.6) is 11.5 Å². The molecule has 6 heteroatoms. The number of aliphatic imine (C=N–C) groups is 1.